The highest BCUT2D eigenvalue weighted by Gasteiger charge is 2.14. The number of fused-ring (bicyclic) bond motifs is 1. The lowest BCUT2D eigenvalue weighted by molar-refractivity contribution is 0.0991. The molecule has 7 nitrogen and oxygen atoms in total. The number of nitrogens with one attached hydrogen (secondary N) is 1. The van der Waals surface area contributed by atoms with Gasteiger partial charge in [-0.1, -0.05) is 42.5 Å². The molecule has 0 aliphatic carbocycles. The van der Waals surface area contributed by atoms with E-state index in [1.165, 1.54) is 0 Å². The molecule has 0 aliphatic heterocycles. The van der Waals surface area contributed by atoms with Crippen molar-refractivity contribution in [2.24, 2.45) is 0 Å². The highest BCUT2D eigenvalue weighted by atomic mass is 16.5. The Morgan fingerprint density at radius 3 is 2.59 bits per heavy atom. The Morgan fingerprint density at radius 1 is 0.966 bits per heavy atom. The summed E-state index contributed by atoms with van der Waals surface area (Å²) in [4.78, 5) is 4.83. The standard InChI is InChI=1S/C22H22N4O3/c27-10-12-29-11-9-23-21-14-20(17-7-4-8-18(28)13-17)25-22-19(15-24-26(21)22)16-5-2-1-3-6-16/h1-8,13-15,23,27-28H,9-12H2. The fraction of sp³-hybridized carbons (Fsp3) is 0.182. The average Bonchev–Trinajstić information content (AvgIpc) is 3.18. The number of benzene rings is 2. The molecule has 2 aromatic heterocycles. The highest BCUT2D eigenvalue weighted by Crippen LogP contribution is 2.29. The molecule has 2 aromatic carbocycles. The minimum absolute atomic E-state index is 0.000737. The molecule has 148 valence electrons. The Kier molecular flexibility index (Phi) is 5.69. The molecule has 0 fully saturated rings. The second-order valence-electron chi connectivity index (χ2n) is 6.50. The molecule has 0 amide bonds. The lowest BCUT2D eigenvalue weighted by atomic mass is 10.1. The summed E-state index contributed by atoms with van der Waals surface area (Å²) in [6.45, 7) is 1.32. The van der Waals surface area contributed by atoms with Gasteiger partial charge < -0.3 is 20.3 Å². The minimum atomic E-state index is 0.000737. The molecule has 0 saturated heterocycles. The Labute approximate surface area is 168 Å². The Bertz CT molecular complexity index is 1100. The van der Waals surface area contributed by atoms with Crippen LogP contribution in [0.2, 0.25) is 0 Å². The molecule has 29 heavy (non-hydrogen) atoms. The van der Waals surface area contributed by atoms with Crippen molar-refractivity contribution in [3.8, 4) is 28.1 Å². The van der Waals surface area contributed by atoms with Gasteiger partial charge in [0.2, 0.25) is 0 Å². The number of aliphatic hydroxyl groups is 1. The summed E-state index contributed by atoms with van der Waals surface area (Å²) in [5, 5.41) is 26.6. The van der Waals surface area contributed by atoms with Crippen molar-refractivity contribution >= 4 is 11.5 Å². The van der Waals surface area contributed by atoms with Gasteiger partial charge in [0.1, 0.15) is 11.6 Å². The van der Waals surface area contributed by atoms with Crippen LogP contribution >= 0.6 is 0 Å². The van der Waals surface area contributed by atoms with E-state index < -0.39 is 0 Å². The van der Waals surface area contributed by atoms with Crippen LogP contribution in [0.1, 0.15) is 0 Å². The number of phenolic OH excluding ortho intramolecular Hbond substituents is 1. The van der Waals surface area contributed by atoms with Crippen LogP contribution in [0.3, 0.4) is 0 Å². The molecule has 0 saturated carbocycles. The summed E-state index contributed by atoms with van der Waals surface area (Å²) in [6.07, 6.45) is 1.80. The summed E-state index contributed by atoms with van der Waals surface area (Å²) in [7, 11) is 0. The zero-order valence-corrected chi connectivity index (χ0v) is 15.8. The van der Waals surface area contributed by atoms with Gasteiger partial charge >= 0.3 is 0 Å². The summed E-state index contributed by atoms with van der Waals surface area (Å²) in [6, 6.07) is 18.9. The molecule has 4 rings (SSSR count). The third-order valence-corrected chi connectivity index (χ3v) is 4.49. The van der Waals surface area contributed by atoms with Crippen LogP contribution in [0, 0.1) is 0 Å². The topological polar surface area (TPSA) is 91.9 Å². The van der Waals surface area contributed by atoms with E-state index in [0.717, 1.165) is 33.8 Å². The molecular weight excluding hydrogens is 368 g/mol. The van der Waals surface area contributed by atoms with Crippen molar-refractivity contribution in [2.45, 2.75) is 0 Å². The Balaban J connectivity index is 1.77. The molecule has 4 aromatic rings. The summed E-state index contributed by atoms with van der Waals surface area (Å²) >= 11 is 0. The van der Waals surface area contributed by atoms with E-state index in [9.17, 15) is 5.11 Å². The molecule has 7 heteroatoms. The van der Waals surface area contributed by atoms with Gasteiger partial charge in [-0.2, -0.15) is 9.61 Å². The van der Waals surface area contributed by atoms with Crippen LogP contribution in [-0.4, -0.2) is 51.2 Å². The second kappa shape index (κ2) is 8.72. The first-order valence-electron chi connectivity index (χ1n) is 9.42. The van der Waals surface area contributed by atoms with Crippen LogP contribution in [0.25, 0.3) is 28.0 Å². The van der Waals surface area contributed by atoms with Crippen molar-refractivity contribution in [1.29, 1.82) is 0 Å². The van der Waals surface area contributed by atoms with Gasteiger partial charge in [0.15, 0.2) is 5.65 Å². The van der Waals surface area contributed by atoms with Crippen LogP contribution in [0.5, 0.6) is 5.75 Å². The fourth-order valence-electron chi connectivity index (χ4n) is 3.14. The van der Waals surface area contributed by atoms with E-state index in [4.69, 9.17) is 14.8 Å². The van der Waals surface area contributed by atoms with E-state index in [-0.39, 0.29) is 12.4 Å². The van der Waals surface area contributed by atoms with Crippen LogP contribution in [0.4, 0.5) is 5.82 Å². The lowest BCUT2D eigenvalue weighted by Gasteiger charge is -2.12. The van der Waals surface area contributed by atoms with Gasteiger partial charge in [-0.15, -0.1) is 0 Å². The molecule has 0 bridgehead atoms. The molecule has 0 unspecified atom stereocenters. The minimum Gasteiger partial charge on any atom is -0.508 e. The van der Waals surface area contributed by atoms with Crippen molar-refractivity contribution in [2.75, 3.05) is 31.7 Å². The summed E-state index contributed by atoms with van der Waals surface area (Å²) < 4.78 is 7.10. The molecule has 0 spiro atoms. The normalized spacial score (nSPS) is 11.1. The van der Waals surface area contributed by atoms with Gasteiger partial charge in [-0.05, 0) is 17.7 Å². The first-order chi connectivity index (χ1) is 14.3. The second-order valence-corrected chi connectivity index (χ2v) is 6.50. The molecule has 0 radical (unpaired) electrons. The van der Waals surface area contributed by atoms with E-state index in [1.807, 2.05) is 42.5 Å². The fourth-order valence-corrected chi connectivity index (χ4v) is 3.14. The van der Waals surface area contributed by atoms with Crippen LogP contribution < -0.4 is 5.32 Å². The number of phenols is 1. The lowest BCUT2D eigenvalue weighted by Crippen LogP contribution is -2.14. The van der Waals surface area contributed by atoms with Crippen molar-refractivity contribution in [3.63, 3.8) is 0 Å². The first kappa shape index (κ1) is 18.9. The number of aromatic nitrogens is 3. The maximum absolute atomic E-state index is 9.88. The van der Waals surface area contributed by atoms with Crippen molar-refractivity contribution < 1.29 is 14.9 Å². The maximum Gasteiger partial charge on any atom is 0.165 e. The molecule has 3 N–H and O–H groups in total. The van der Waals surface area contributed by atoms with Crippen molar-refractivity contribution in [1.82, 2.24) is 14.6 Å². The number of rotatable bonds is 8. The quantitative estimate of drug-likeness (QED) is 0.400. The zero-order valence-electron chi connectivity index (χ0n) is 15.8. The smallest absolute Gasteiger partial charge is 0.165 e. The number of aromatic hydroxyl groups is 1. The van der Waals surface area contributed by atoms with Gasteiger partial charge in [0, 0.05) is 23.7 Å². The first-order valence-corrected chi connectivity index (χ1v) is 9.42. The Hall–Kier alpha value is -3.42. The van der Waals surface area contributed by atoms with E-state index in [1.54, 1.807) is 28.9 Å². The predicted molar refractivity (Wildman–Crippen MR) is 112 cm³/mol. The monoisotopic (exact) mass is 390 g/mol. The molecule has 0 atom stereocenters. The van der Waals surface area contributed by atoms with Gasteiger partial charge in [-0.3, -0.25) is 0 Å². The number of anilines is 1. The largest absolute Gasteiger partial charge is 0.508 e. The SMILES string of the molecule is OCCOCCNc1cc(-c2cccc(O)c2)nc2c(-c3ccccc3)cnn12. The van der Waals surface area contributed by atoms with Crippen molar-refractivity contribution in [3.05, 3.63) is 66.9 Å². The predicted octanol–water partition coefficient (Wildman–Crippen LogP) is 3.19. The third-order valence-electron chi connectivity index (χ3n) is 4.49. The van der Waals surface area contributed by atoms with E-state index in [0.29, 0.717) is 19.8 Å². The number of hydrogen-bond donors (Lipinski definition) is 3. The van der Waals surface area contributed by atoms with E-state index >= 15 is 0 Å². The number of aliphatic hydroxyl groups excluding tert-OH is 1. The van der Waals surface area contributed by atoms with Crippen LogP contribution in [0.15, 0.2) is 66.9 Å². The molecule has 0 aliphatic rings. The van der Waals surface area contributed by atoms with E-state index in [2.05, 4.69) is 10.4 Å². The van der Waals surface area contributed by atoms with Crippen LogP contribution in [-0.2, 0) is 4.74 Å². The third kappa shape index (κ3) is 4.21. The molecular formula is C22H22N4O3. The average molecular weight is 390 g/mol. The van der Waals surface area contributed by atoms with Gasteiger partial charge in [0.25, 0.3) is 0 Å². The summed E-state index contributed by atoms with van der Waals surface area (Å²) in [5.74, 6) is 0.955. The highest BCUT2D eigenvalue weighted by molar-refractivity contribution is 5.80. The number of ether oxygens (including phenoxy) is 1. The zero-order chi connectivity index (χ0) is 20.1. The number of hydrogen-bond acceptors (Lipinski definition) is 6. The van der Waals surface area contributed by atoms with Gasteiger partial charge in [-0.25, -0.2) is 4.98 Å². The maximum atomic E-state index is 9.88. The molecule has 2 heterocycles. The van der Waals surface area contributed by atoms with Gasteiger partial charge in [0.05, 0.1) is 31.7 Å². The number of nitrogens with zero attached hydrogens (tertiary/aromatic N) is 3. The summed E-state index contributed by atoms with van der Waals surface area (Å²) in [5.41, 5.74) is 4.21. The Morgan fingerprint density at radius 2 is 1.79 bits per heavy atom.